The number of nitrogens with two attached hydrogens (primary N) is 1. The number of benzene rings is 2. The van der Waals surface area contributed by atoms with E-state index in [1.54, 1.807) is 32.0 Å². The number of ether oxygens (including phenoxy) is 1. The number of halogens is 2. The van der Waals surface area contributed by atoms with Crippen molar-refractivity contribution in [3.05, 3.63) is 53.3 Å². The molecule has 2 aromatic carbocycles. The molecule has 2 fully saturated rings. The molecule has 0 aliphatic carbocycles. The number of hydrogen-bond donors (Lipinski definition) is 1. The molecule has 0 aromatic heterocycles. The van der Waals surface area contributed by atoms with Gasteiger partial charge in [-0.15, -0.1) is 0 Å². The number of alkyl halides is 1. The van der Waals surface area contributed by atoms with Crippen LogP contribution in [0.3, 0.4) is 0 Å². The van der Waals surface area contributed by atoms with Crippen molar-refractivity contribution in [1.82, 2.24) is 9.80 Å². The number of nitriles is 1. The average molecular weight is 525 g/mol. The summed E-state index contributed by atoms with van der Waals surface area (Å²) in [6.45, 7) is 6.06. The fourth-order valence-corrected chi connectivity index (χ4v) is 5.31. The Labute approximate surface area is 222 Å². The lowest BCUT2D eigenvalue weighted by Gasteiger charge is -2.34. The SMILES string of the molecule is CC(C)(F)CN1CCC(COc2ccc(-c3ccc(C(=O)N4CCC[C@H]4C(N)=O)cc3F)cc2C#N)CC1. The highest BCUT2D eigenvalue weighted by Gasteiger charge is 2.33. The quantitative estimate of drug-likeness (QED) is 0.555. The third-order valence-electron chi connectivity index (χ3n) is 7.25. The van der Waals surface area contributed by atoms with Crippen molar-refractivity contribution in [3.63, 3.8) is 0 Å². The Hall–Kier alpha value is -3.51. The fraction of sp³-hybridized carbons (Fsp3) is 0.483. The molecule has 2 heterocycles. The molecule has 38 heavy (non-hydrogen) atoms. The third kappa shape index (κ3) is 6.48. The molecule has 4 rings (SSSR count). The molecule has 2 N–H and O–H groups in total. The zero-order chi connectivity index (χ0) is 27.4. The number of amides is 2. The van der Waals surface area contributed by atoms with E-state index >= 15 is 4.39 Å². The first-order valence-corrected chi connectivity index (χ1v) is 13.0. The second-order valence-electron chi connectivity index (χ2n) is 10.8. The van der Waals surface area contributed by atoms with Crippen LogP contribution in [-0.2, 0) is 4.79 Å². The highest BCUT2D eigenvalue weighted by atomic mass is 19.1. The largest absolute Gasteiger partial charge is 0.492 e. The lowest BCUT2D eigenvalue weighted by Crippen LogP contribution is -2.43. The number of carbonyl (C=O) groups is 2. The van der Waals surface area contributed by atoms with Crippen molar-refractivity contribution < 1.29 is 23.1 Å². The molecule has 2 saturated heterocycles. The Morgan fingerprint density at radius 3 is 2.50 bits per heavy atom. The van der Waals surface area contributed by atoms with Gasteiger partial charge in [0.2, 0.25) is 5.91 Å². The highest BCUT2D eigenvalue weighted by Crippen LogP contribution is 2.31. The van der Waals surface area contributed by atoms with Crippen LogP contribution in [0, 0.1) is 23.1 Å². The highest BCUT2D eigenvalue weighted by molar-refractivity contribution is 5.98. The van der Waals surface area contributed by atoms with Gasteiger partial charge >= 0.3 is 0 Å². The second kappa shape index (κ2) is 11.5. The minimum absolute atomic E-state index is 0.140. The second-order valence-corrected chi connectivity index (χ2v) is 10.8. The summed E-state index contributed by atoms with van der Waals surface area (Å²) in [5.74, 6) is -0.857. The summed E-state index contributed by atoms with van der Waals surface area (Å²) in [5, 5.41) is 9.69. The molecule has 2 aliphatic heterocycles. The summed E-state index contributed by atoms with van der Waals surface area (Å²) in [5.41, 5.74) is 5.36. The summed E-state index contributed by atoms with van der Waals surface area (Å²) >= 11 is 0. The van der Waals surface area contributed by atoms with E-state index in [1.807, 2.05) is 0 Å². The number of piperidine rings is 1. The van der Waals surface area contributed by atoms with E-state index in [4.69, 9.17) is 10.5 Å². The molecule has 0 bridgehead atoms. The molecule has 202 valence electrons. The van der Waals surface area contributed by atoms with Crippen molar-refractivity contribution in [2.75, 3.05) is 32.8 Å². The molecule has 2 aromatic rings. The van der Waals surface area contributed by atoms with Crippen LogP contribution in [0.2, 0.25) is 0 Å². The van der Waals surface area contributed by atoms with Crippen molar-refractivity contribution in [1.29, 1.82) is 5.26 Å². The fourth-order valence-electron chi connectivity index (χ4n) is 5.31. The molecule has 0 spiro atoms. The van der Waals surface area contributed by atoms with E-state index in [0.717, 1.165) is 32.0 Å². The molecule has 0 saturated carbocycles. The lowest BCUT2D eigenvalue weighted by molar-refractivity contribution is -0.121. The van der Waals surface area contributed by atoms with Gasteiger partial charge in [-0.05, 0) is 88.4 Å². The van der Waals surface area contributed by atoms with Crippen LogP contribution in [-0.4, -0.2) is 66.1 Å². The summed E-state index contributed by atoms with van der Waals surface area (Å²) in [6, 6.07) is 10.5. The monoisotopic (exact) mass is 524 g/mol. The Kier molecular flexibility index (Phi) is 8.32. The molecule has 2 amide bonds. The summed E-state index contributed by atoms with van der Waals surface area (Å²) in [4.78, 5) is 28.0. The van der Waals surface area contributed by atoms with Gasteiger partial charge in [0, 0.05) is 24.2 Å². The van der Waals surface area contributed by atoms with Crippen LogP contribution in [0.15, 0.2) is 36.4 Å². The van der Waals surface area contributed by atoms with E-state index in [-0.39, 0.29) is 11.1 Å². The summed E-state index contributed by atoms with van der Waals surface area (Å²) < 4.78 is 35.0. The van der Waals surface area contributed by atoms with Crippen molar-refractivity contribution >= 4 is 11.8 Å². The first-order valence-electron chi connectivity index (χ1n) is 13.0. The molecular weight excluding hydrogens is 490 g/mol. The van der Waals surface area contributed by atoms with Crippen molar-refractivity contribution in [2.45, 2.75) is 51.2 Å². The summed E-state index contributed by atoms with van der Waals surface area (Å²) in [7, 11) is 0. The Balaban J connectivity index is 1.41. The van der Waals surface area contributed by atoms with Gasteiger partial charge in [-0.3, -0.25) is 9.59 Å². The first-order chi connectivity index (χ1) is 18.1. The Morgan fingerprint density at radius 2 is 1.87 bits per heavy atom. The predicted octanol–water partition coefficient (Wildman–Crippen LogP) is 4.29. The Bertz CT molecular complexity index is 1230. The predicted molar refractivity (Wildman–Crippen MR) is 140 cm³/mol. The average Bonchev–Trinajstić information content (AvgIpc) is 3.37. The van der Waals surface area contributed by atoms with E-state index in [0.29, 0.717) is 55.3 Å². The molecule has 0 unspecified atom stereocenters. The van der Waals surface area contributed by atoms with Crippen LogP contribution in [0.4, 0.5) is 8.78 Å². The number of carbonyl (C=O) groups excluding carboxylic acids is 2. The van der Waals surface area contributed by atoms with Gasteiger partial charge in [0.15, 0.2) is 0 Å². The number of primary amides is 1. The third-order valence-corrected chi connectivity index (χ3v) is 7.25. The van der Waals surface area contributed by atoms with Gasteiger partial charge in [-0.1, -0.05) is 12.1 Å². The number of nitrogens with zero attached hydrogens (tertiary/aromatic N) is 3. The minimum Gasteiger partial charge on any atom is -0.492 e. The standard InChI is InChI=1S/C29H34F2N4O3/c1-29(2,31)18-34-12-9-19(10-13-34)17-38-26-8-6-20(14-22(26)16-32)23-7-5-21(15-24(23)30)28(37)35-11-3-4-25(35)27(33)36/h5-8,14-15,19,25H,3-4,9-13,17-18H2,1-2H3,(H2,33,36)/t25-/m0/s1. The lowest BCUT2D eigenvalue weighted by atomic mass is 9.96. The van der Waals surface area contributed by atoms with Crippen LogP contribution in [0.25, 0.3) is 11.1 Å². The number of hydrogen-bond acceptors (Lipinski definition) is 5. The van der Waals surface area contributed by atoms with Gasteiger partial charge in [-0.25, -0.2) is 8.78 Å². The van der Waals surface area contributed by atoms with E-state index in [1.165, 1.54) is 17.0 Å². The molecule has 7 nitrogen and oxygen atoms in total. The van der Waals surface area contributed by atoms with Crippen molar-refractivity contribution in [2.24, 2.45) is 11.7 Å². The normalized spacial score (nSPS) is 18.8. The molecule has 1 atom stereocenters. The molecule has 9 heteroatoms. The minimum atomic E-state index is -1.22. The van der Waals surface area contributed by atoms with Crippen LogP contribution in [0.1, 0.15) is 55.5 Å². The molecular formula is C29H34F2N4O3. The number of likely N-dealkylation sites (tertiary alicyclic amines) is 2. The van der Waals surface area contributed by atoms with Gasteiger partial charge in [-0.2, -0.15) is 5.26 Å². The van der Waals surface area contributed by atoms with E-state index < -0.39 is 29.3 Å². The van der Waals surface area contributed by atoms with Crippen LogP contribution >= 0.6 is 0 Å². The molecule has 0 radical (unpaired) electrons. The smallest absolute Gasteiger partial charge is 0.254 e. The maximum Gasteiger partial charge on any atom is 0.254 e. The zero-order valence-corrected chi connectivity index (χ0v) is 21.9. The maximum atomic E-state index is 15.1. The van der Waals surface area contributed by atoms with E-state index in [2.05, 4.69) is 11.0 Å². The Morgan fingerprint density at radius 1 is 1.13 bits per heavy atom. The van der Waals surface area contributed by atoms with Gasteiger partial charge in [0.1, 0.15) is 29.3 Å². The van der Waals surface area contributed by atoms with Crippen LogP contribution < -0.4 is 10.5 Å². The maximum absolute atomic E-state index is 15.1. The van der Waals surface area contributed by atoms with Crippen molar-refractivity contribution in [3.8, 4) is 22.9 Å². The zero-order valence-electron chi connectivity index (χ0n) is 21.9. The number of rotatable bonds is 8. The van der Waals surface area contributed by atoms with E-state index in [9.17, 15) is 19.2 Å². The van der Waals surface area contributed by atoms with Crippen LogP contribution in [0.5, 0.6) is 5.75 Å². The molecule has 2 aliphatic rings. The van der Waals surface area contributed by atoms with Gasteiger partial charge < -0.3 is 20.3 Å². The van der Waals surface area contributed by atoms with Gasteiger partial charge in [0.05, 0.1) is 12.2 Å². The summed E-state index contributed by atoms with van der Waals surface area (Å²) in [6.07, 6.45) is 2.96. The van der Waals surface area contributed by atoms with Gasteiger partial charge in [0.25, 0.3) is 5.91 Å². The first kappa shape index (κ1) is 27.5. The topological polar surface area (TPSA) is 99.7 Å².